The first kappa shape index (κ1) is 16.4. The van der Waals surface area contributed by atoms with E-state index in [0.717, 1.165) is 12.4 Å². The van der Waals surface area contributed by atoms with Gasteiger partial charge in [0.05, 0.1) is 18.8 Å². The smallest absolute Gasteiger partial charge is 0.451 e. The van der Waals surface area contributed by atoms with Crippen molar-refractivity contribution in [2.75, 3.05) is 19.8 Å². The van der Waals surface area contributed by atoms with E-state index in [9.17, 15) is 18.0 Å². The Morgan fingerprint density at radius 2 is 2.00 bits per heavy atom. The lowest BCUT2D eigenvalue weighted by molar-refractivity contribution is -0.145. The fourth-order valence-electron chi connectivity index (χ4n) is 2.47. The van der Waals surface area contributed by atoms with Crippen LogP contribution in [0.3, 0.4) is 0 Å². The molecule has 0 radical (unpaired) electrons. The molecule has 2 aromatic rings. The minimum atomic E-state index is -4.64. The third-order valence-corrected chi connectivity index (χ3v) is 3.63. The molecule has 0 spiro atoms. The Bertz CT molecular complexity index is 728. The molecule has 0 aliphatic carbocycles. The van der Waals surface area contributed by atoms with Gasteiger partial charge in [0.15, 0.2) is 0 Å². The second kappa shape index (κ2) is 6.23. The van der Waals surface area contributed by atoms with Gasteiger partial charge in [0, 0.05) is 18.9 Å². The quantitative estimate of drug-likeness (QED) is 0.840. The summed E-state index contributed by atoms with van der Waals surface area (Å²) in [5.74, 6) is -0.487. The molecule has 1 amide bonds. The van der Waals surface area contributed by atoms with Crippen LogP contribution in [-0.4, -0.2) is 40.5 Å². The van der Waals surface area contributed by atoms with E-state index < -0.39 is 23.9 Å². The number of hydrogen-bond acceptors (Lipinski definition) is 5. The molecule has 1 aliphatic rings. The van der Waals surface area contributed by atoms with Gasteiger partial charge in [-0.15, -0.1) is 0 Å². The molecule has 24 heavy (non-hydrogen) atoms. The maximum atomic E-state index is 12.6. The van der Waals surface area contributed by atoms with Gasteiger partial charge in [-0.1, -0.05) is 0 Å². The van der Waals surface area contributed by atoms with Crippen molar-refractivity contribution < 1.29 is 27.1 Å². The van der Waals surface area contributed by atoms with E-state index >= 15 is 0 Å². The standard InChI is InChI=1S/C15H14F3N3O3/c1-9-2-3-12(24-9)11-8-23-5-4-21(11)13(22)10-6-19-14(20-7-10)15(16,17)18/h2-3,6-7,11H,4-5,8H2,1H3/t11-/m0/s1. The molecule has 6 nitrogen and oxygen atoms in total. The van der Waals surface area contributed by atoms with Gasteiger partial charge in [-0.25, -0.2) is 9.97 Å². The first-order chi connectivity index (χ1) is 11.4. The summed E-state index contributed by atoms with van der Waals surface area (Å²) >= 11 is 0. The van der Waals surface area contributed by atoms with Crippen LogP contribution in [0.5, 0.6) is 0 Å². The molecule has 0 unspecified atom stereocenters. The molecule has 128 valence electrons. The van der Waals surface area contributed by atoms with Crippen molar-refractivity contribution >= 4 is 5.91 Å². The summed E-state index contributed by atoms with van der Waals surface area (Å²) in [7, 11) is 0. The molecule has 2 aromatic heterocycles. The molecule has 0 bridgehead atoms. The summed E-state index contributed by atoms with van der Waals surface area (Å²) in [5.41, 5.74) is -0.0156. The molecule has 9 heteroatoms. The van der Waals surface area contributed by atoms with E-state index in [4.69, 9.17) is 9.15 Å². The van der Waals surface area contributed by atoms with Crippen LogP contribution in [0.4, 0.5) is 13.2 Å². The van der Waals surface area contributed by atoms with Crippen LogP contribution < -0.4 is 0 Å². The number of aryl methyl sites for hydroxylation is 1. The summed E-state index contributed by atoms with van der Waals surface area (Å²) in [6.45, 7) is 2.66. The van der Waals surface area contributed by atoms with Crippen molar-refractivity contribution in [2.45, 2.75) is 19.1 Å². The second-order valence-electron chi connectivity index (χ2n) is 5.33. The van der Waals surface area contributed by atoms with Crippen LogP contribution in [-0.2, 0) is 10.9 Å². The largest absolute Gasteiger partial charge is 0.464 e. The van der Waals surface area contributed by atoms with Gasteiger partial charge >= 0.3 is 6.18 Å². The predicted octanol–water partition coefficient (Wildman–Crippen LogP) is 2.61. The average Bonchev–Trinajstić information content (AvgIpc) is 3.00. The summed E-state index contributed by atoms with van der Waals surface area (Å²) in [6, 6.07) is 3.08. The van der Waals surface area contributed by atoms with Crippen molar-refractivity contribution in [1.29, 1.82) is 0 Å². The molecular weight excluding hydrogens is 327 g/mol. The van der Waals surface area contributed by atoms with Crippen molar-refractivity contribution in [3.05, 3.63) is 47.4 Å². The fourth-order valence-corrected chi connectivity index (χ4v) is 2.47. The Hall–Kier alpha value is -2.42. The Kier molecular flexibility index (Phi) is 4.27. The highest BCUT2D eigenvalue weighted by Gasteiger charge is 2.35. The zero-order valence-electron chi connectivity index (χ0n) is 12.7. The molecule has 0 N–H and O–H groups in total. The summed E-state index contributed by atoms with van der Waals surface area (Å²) in [6.07, 6.45) is -2.87. The lowest BCUT2D eigenvalue weighted by atomic mass is 10.1. The molecule has 1 aliphatic heterocycles. The molecule has 3 heterocycles. The monoisotopic (exact) mass is 341 g/mol. The summed E-state index contributed by atoms with van der Waals surface area (Å²) in [5, 5.41) is 0. The SMILES string of the molecule is Cc1ccc([C@@H]2COCCN2C(=O)c2cnc(C(F)(F)F)nc2)o1. The average molecular weight is 341 g/mol. The van der Waals surface area contributed by atoms with Gasteiger partial charge in [0.25, 0.3) is 5.91 Å². The number of furan rings is 1. The summed E-state index contributed by atoms with van der Waals surface area (Å²) < 4.78 is 48.5. The van der Waals surface area contributed by atoms with E-state index in [0.29, 0.717) is 24.7 Å². The van der Waals surface area contributed by atoms with Crippen LogP contribution in [0.2, 0.25) is 0 Å². The number of aromatic nitrogens is 2. The molecule has 0 aromatic carbocycles. The van der Waals surface area contributed by atoms with E-state index in [1.807, 2.05) is 0 Å². The minimum Gasteiger partial charge on any atom is -0.464 e. The van der Waals surface area contributed by atoms with Gasteiger partial charge in [0.1, 0.15) is 17.6 Å². The lowest BCUT2D eigenvalue weighted by Crippen LogP contribution is -2.43. The van der Waals surface area contributed by atoms with Crippen molar-refractivity contribution in [2.24, 2.45) is 0 Å². The highest BCUT2D eigenvalue weighted by atomic mass is 19.4. The number of morpholine rings is 1. The predicted molar refractivity (Wildman–Crippen MR) is 75.1 cm³/mol. The molecule has 1 saturated heterocycles. The molecule has 0 saturated carbocycles. The Balaban J connectivity index is 1.84. The van der Waals surface area contributed by atoms with Gasteiger partial charge in [-0.3, -0.25) is 4.79 Å². The Labute approximate surface area is 135 Å². The fraction of sp³-hybridized carbons (Fsp3) is 0.400. The molecule has 3 rings (SSSR count). The third kappa shape index (κ3) is 3.25. The van der Waals surface area contributed by atoms with Crippen molar-refractivity contribution in [3.8, 4) is 0 Å². The Morgan fingerprint density at radius 1 is 1.29 bits per heavy atom. The van der Waals surface area contributed by atoms with Crippen LogP contribution in [0, 0.1) is 6.92 Å². The lowest BCUT2D eigenvalue weighted by Gasteiger charge is -2.34. The van der Waals surface area contributed by atoms with Crippen LogP contribution in [0.25, 0.3) is 0 Å². The number of hydrogen-bond donors (Lipinski definition) is 0. The van der Waals surface area contributed by atoms with Crippen LogP contribution >= 0.6 is 0 Å². The van der Waals surface area contributed by atoms with E-state index in [-0.39, 0.29) is 12.2 Å². The number of amides is 1. The van der Waals surface area contributed by atoms with E-state index in [1.165, 1.54) is 4.90 Å². The first-order valence-corrected chi connectivity index (χ1v) is 7.20. The van der Waals surface area contributed by atoms with E-state index in [2.05, 4.69) is 9.97 Å². The summed E-state index contributed by atoms with van der Waals surface area (Å²) in [4.78, 5) is 20.6. The van der Waals surface area contributed by atoms with Gasteiger partial charge in [0.2, 0.25) is 5.82 Å². The number of nitrogens with zero attached hydrogens (tertiary/aromatic N) is 3. The number of alkyl halides is 3. The van der Waals surface area contributed by atoms with Gasteiger partial charge in [-0.05, 0) is 19.1 Å². The zero-order chi connectivity index (χ0) is 17.3. The highest BCUT2D eigenvalue weighted by molar-refractivity contribution is 5.94. The zero-order valence-corrected chi connectivity index (χ0v) is 12.7. The maximum Gasteiger partial charge on any atom is 0.451 e. The van der Waals surface area contributed by atoms with Gasteiger partial charge < -0.3 is 14.1 Å². The number of rotatable bonds is 2. The normalized spacial score (nSPS) is 18.7. The van der Waals surface area contributed by atoms with E-state index in [1.54, 1.807) is 19.1 Å². The van der Waals surface area contributed by atoms with Crippen LogP contribution in [0.15, 0.2) is 28.9 Å². The second-order valence-corrected chi connectivity index (χ2v) is 5.33. The number of carbonyl (C=O) groups is 1. The number of ether oxygens (including phenoxy) is 1. The topological polar surface area (TPSA) is 68.5 Å². The first-order valence-electron chi connectivity index (χ1n) is 7.20. The van der Waals surface area contributed by atoms with Crippen LogP contribution in [0.1, 0.15) is 33.7 Å². The molecular formula is C15H14F3N3O3. The van der Waals surface area contributed by atoms with Crippen molar-refractivity contribution in [3.63, 3.8) is 0 Å². The minimum absolute atomic E-state index is 0.0156. The Morgan fingerprint density at radius 3 is 2.58 bits per heavy atom. The molecule has 1 atom stereocenters. The molecule has 1 fully saturated rings. The highest BCUT2D eigenvalue weighted by Crippen LogP contribution is 2.28. The maximum absolute atomic E-state index is 12.6. The third-order valence-electron chi connectivity index (χ3n) is 3.63. The van der Waals surface area contributed by atoms with Gasteiger partial charge in [-0.2, -0.15) is 13.2 Å². The number of halogens is 3. The number of carbonyl (C=O) groups excluding carboxylic acids is 1. The van der Waals surface area contributed by atoms with Crippen molar-refractivity contribution in [1.82, 2.24) is 14.9 Å².